The number of nitrogens with zero attached hydrogens (tertiary/aromatic N) is 1. The summed E-state index contributed by atoms with van der Waals surface area (Å²) in [6.45, 7) is 0.137. The fraction of sp³-hybridized carbons (Fsp3) is 0.158. The lowest BCUT2D eigenvalue weighted by Gasteiger charge is -2.09. The van der Waals surface area contributed by atoms with Crippen LogP contribution in [0.15, 0.2) is 46.0 Å². The Labute approximate surface area is 160 Å². The Bertz CT molecular complexity index is 859. The van der Waals surface area contributed by atoms with Crippen LogP contribution < -0.4 is 19.6 Å². The summed E-state index contributed by atoms with van der Waals surface area (Å²) in [4.78, 5) is 12.3. The van der Waals surface area contributed by atoms with Gasteiger partial charge < -0.3 is 14.2 Å². The first-order chi connectivity index (χ1) is 12.6. The zero-order valence-electron chi connectivity index (χ0n) is 14.3. The van der Waals surface area contributed by atoms with Gasteiger partial charge in [-0.1, -0.05) is 21.9 Å². The lowest BCUT2D eigenvalue weighted by Crippen LogP contribution is -2.18. The summed E-state index contributed by atoms with van der Waals surface area (Å²) in [6, 6.07) is 10.3. The molecular formula is C19H17BrN2O4. The minimum Gasteiger partial charge on any atom is -0.497 e. The van der Waals surface area contributed by atoms with Crippen molar-refractivity contribution >= 4 is 28.1 Å². The third kappa shape index (κ3) is 5.01. The molecule has 0 saturated carbocycles. The molecule has 0 aliphatic carbocycles. The van der Waals surface area contributed by atoms with Crippen molar-refractivity contribution in [2.75, 3.05) is 20.8 Å². The van der Waals surface area contributed by atoms with E-state index < -0.39 is 5.91 Å². The normalized spacial score (nSPS) is 10.2. The number of terminal acetylenes is 1. The van der Waals surface area contributed by atoms with Crippen LogP contribution >= 0.6 is 15.9 Å². The molecule has 7 heteroatoms. The summed E-state index contributed by atoms with van der Waals surface area (Å²) in [7, 11) is 3.02. The van der Waals surface area contributed by atoms with E-state index in [1.807, 2.05) is 6.07 Å². The molecule has 0 saturated heterocycles. The van der Waals surface area contributed by atoms with Crippen molar-refractivity contribution in [3.63, 3.8) is 0 Å². The summed E-state index contributed by atoms with van der Waals surface area (Å²) >= 11 is 3.38. The third-order valence-electron chi connectivity index (χ3n) is 3.31. The summed E-state index contributed by atoms with van der Waals surface area (Å²) in [5.41, 5.74) is 3.46. The number of nitrogens with one attached hydrogen (secondary N) is 1. The maximum absolute atomic E-state index is 12.3. The molecule has 0 spiro atoms. The minimum absolute atomic E-state index is 0.137. The molecule has 6 nitrogen and oxygen atoms in total. The topological polar surface area (TPSA) is 69.2 Å². The number of hydrazone groups is 1. The second kappa shape index (κ2) is 9.49. The highest BCUT2D eigenvalue weighted by Crippen LogP contribution is 2.24. The number of hydrogen-bond donors (Lipinski definition) is 1. The highest BCUT2D eigenvalue weighted by molar-refractivity contribution is 9.10. The van der Waals surface area contributed by atoms with Gasteiger partial charge in [-0.15, -0.1) is 6.42 Å². The molecule has 0 fully saturated rings. The lowest BCUT2D eigenvalue weighted by molar-refractivity contribution is 0.0952. The van der Waals surface area contributed by atoms with E-state index in [-0.39, 0.29) is 6.61 Å². The van der Waals surface area contributed by atoms with Gasteiger partial charge in [0.25, 0.3) is 5.91 Å². The van der Waals surface area contributed by atoms with Crippen molar-refractivity contribution in [1.29, 1.82) is 0 Å². The van der Waals surface area contributed by atoms with E-state index in [9.17, 15) is 4.79 Å². The molecule has 2 aromatic rings. The molecule has 0 aliphatic heterocycles. The average molecular weight is 417 g/mol. The van der Waals surface area contributed by atoms with E-state index >= 15 is 0 Å². The van der Waals surface area contributed by atoms with Gasteiger partial charge in [0.2, 0.25) is 0 Å². The van der Waals surface area contributed by atoms with E-state index in [0.29, 0.717) is 28.4 Å². The van der Waals surface area contributed by atoms with Gasteiger partial charge >= 0.3 is 0 Å². The Balaban J connectivity index is 2.15. The standard InChI is InChI=1S/C19H17BrN2O4/c1-4-9-26-17-8-5-14(20)10-13(17)12-21-22-19(23)16-7-6-15(24-2)11-18(16)25-3/h1,5-8,10-12H,9H2,2-3H3,(H,22,23). The molecule has 2 aromatic carbocycles. The molecule has 0 heterocycles. The molecule has 0 aliphatic rings. The molecule has 0 atom stereocenters. The van der Waals surface area contributed by atoms with Crippen molar-refractivity contribution in [1.82, 2.24) is 5.43 Å². The van der Waals surface area contributed by atoms with Crippen LogP contribution in [-0.2, 0) is 0 Å². The number of ether oxygens (including phenoxy) is 3. The molecule has 1 N–H and O–H groups in total. The van der Waals surface area contributed by atoms with Crippen molar-refractivity contribution in [3.8, 4) is 29.6 Å². The van der Waals surface area contributed by atoms with Crippen LogP contribution in [0.4, 0.5) is 0 Å². The predicted octanol–water partition coefficient (Wildman–Crippen LogP) is 3.24. The number of carbonyl (C=O) groups excluding carboxylic acids is 1. The summed E-state index contributed by atoms with van der Waals surface area (Å²) in [5, 5.41) is 3.98. The van der Waals surface area contributed by atoms with Crippen molar-refractivity contribution in [2.45, 2.75) is 0 Å². The summed E-state index contributed by atoms with van der Waals surface area (Å²) in [5.74, 6) is 3.53. The van der Waals surface area contributed by atoms with Crippen LogP contribution in [0.5, 0.6) is 17.2 Å². The van der Waals surface area contributed by atoms with Crippen molar-refractivity contribution < 1.29 is 19.0 Å². The predicted molar refractivity (Wildman–Crippen MR) is 103 cm³/mol. The van der Waals surface area contributed by atoms with Gasteiger partial charge in [0.05, 0.1) is 26.0 Å². The SMILES string of the molecule is C#CCOc1ccc(Br)cc1C=NNC(=O)c1ccc(OC)cc1OC. The first-order valence-electron chi connectivity index (χ1n) is 7.50. The Hall–Kier alpha value is -2.98. The van der Waals surface area contributed by atoms with Gasteiger partial charge in [-0.05, 0) is 30.3 Å². The van der Waals surface area contributed by atoms with E-state index in [4.69, 9.17) is 20.6 Å². The van der Waals surface area contributed by atoms with Gasteiger partial charge in [-0.25, -0.2) is 5.43 Å². The zero-order valence-corrected chi connectivity index (χ0v) is 15.9. The van der Waals surface area contributed by atoms with E-state index in [2.05, 4.69) is 32.4 Å². The molecule has 26 heavy (non-hydrogen) atoms. The highest BCUT2D eigenvalue weighted by Gasteiger charge is 2.12. The molecule has 0 bridgehead atoms. The Morgan fingerprint density at radius 3 is 2.73 bits per heavy atom. The Kier molecular flexibility index (Phi) is 7.06. The smallest absolute Gasteiger partial charge is 0.275 e. The summed E-state index contributed by atoms with van der Waals surface area (Å²) in [6.07, 6.45) is 6.69. The molecule has 134 valence electrons. The highest BCUT2D eigenvalue weighted by atomic mass is 79.9. The largest absolute Gasteiger partial charge is 0.497 e. The maximum atomic E-state index is 12.3. The molecule has 0 radical (unpaired) electrons. The van der Waals surface area contributed by atoms with Crippen LogP contribution in [0.1, 0.15) is 15.9 Å². The Morgan fingerprint density at radius 1 is 1.23 bits per heavy atom. The second-order valence-corrected chi connectivity index (χ2v) is 5.86. The zero-order chi connectivity index (χ0) is 18.9. The van der Waals surface area contributed by atoms with E-state index in [0.717, 1.165) is 4.47 Å². The Morgan fingerprint density at radius 2 is 2.04 bits per heavy atom. The van der Waals surface area contributed by atoms with Gasteiger partial charge in [0.1, 0.15) is 23.9 Å². The van der Waals surface area contributed by atoms with E-state index in [1.54, 1.807) is 30.3 Å². The lowest BCUT2D eigenvalue weighted by atomic mass is 10.2. The first-order valence-corrected chi connectivity index (χ1v) is 8.29. The first kappa shape index (κ1) is 19.3. The fourth-order valence-corrected chi connectivity index (χ4v) is 2.46. The van der Waals surface area contributed by atoms with Crippen LogP contribution in [0.25, 0.3) is 0 Å². The van der Waals surface area contributed by atoms with Crippen LogP contribution in [-0.4, -0.2) is 32.9 Å². The molecule has 2 rings (SSSR count). The molecule has 1 amide bonds. The number of rotatable bonds is 7. The fourth-order valence-electron chi connectivity index (χ4n) is 2.08. The average Bonchev–Trinajstić information content (AvgIpc) is 2.66. The minimum atomic E-state index is -0.415. The number of hydrogen-bond acceptors (Lipinski definition) is 5. The quantitative estimate of drug-likeness (QED) is 0.427. The van der Waals surface area contributed by atoms with Crippen LogP contribution in [0.2, 0.25) is 0 Å². The van der Waals surface area contributed by atoms with E-state index in [1.165, 1.54) is 20.4 Å². The second-order valence-electron chi connectivity index (χ2n) is 4.94. The number of carbonyl (C=O) groups is 1. The number of amides is 1. The number of methoxy groups -OCH3 is 2. The monoisotopic (exact) mass is 416 g/mol. The molecule has 0 aromatic heterocycles. The van der Waals surface area contributed by atoms with Gasteiger partial charge in [-0.2, -0.15) is 5.10 Å². The number of halogens is 1. The summed E-state index contributed by atoms with van der Waals surface area (Å²) < 4.78 is 16.6. The van der Waals surface area contributed by atoms with Crippen LogP contribution in [0, 0.1) is 12.3 Å². The van der Waals surface area contributed by atoms with Gasteiger partial charge in [-0.3, -0.25) is 4.79 Å². The van der Waals surface area contributed by atoms with Crippen molar-refractivity contribution in [3.05, 3.63) is 52.0 Å². The van der Waals surface area contributed by atoms with Crippen LogP contribution in [0.3, 0.4) is 0 Å². The maximum Gasteiger partial charge on any atom is 0.275 e. The molecular weight excluding hydrogens is 400 g/mol. The molecule has 0 unspecified atom stereocenters. The van der Waals surface area contributed by atoms with Gasteiger partial charge in [0, 0.05) is 16.1 Å². The third-order valence-corrected chi connectivity index (χ3v) is 3.80. The van der Waals surface area contributed by atoms with Crippen molar-refractivity contribution in [2.24, 2.45) is 5.10 Å². The number of benzene rings is 2. The van der Waals surface area contributed by atoms with Gasteiger partial charge in [0.15, 0.2) is 0 Å².